The van der Waals surface area contributed by atoms with Crippen LogP contribution in [0.5, 0.6) is 0 Å². The fourth-order valence-corrected chi connectivity index (χ4v) is 3.23. The summed E-state index contributed by atoms with van der Waals surface area (Å²) in [5, 5.41) is 16.0. The summed E-state index contributed by atoms with van der Waals surface area (Å²) >= 11 is 0. The van der Waals surface area contributed by atoms with Crippen LogP contribution in [0.1, 0.15) is 46.8 Å². The zero-order valence-electron chi connectivity index (χ0n) is 13.2. The number of nitriles is 1. The van der Waals surface area contributed by atoms with E-state index in [9.17, 15) is 13.2 Å². The number of nitrogens with zero attached hydrogens (tertiary/aromatic N) is 3. The van der Waals surface area contributed by atoms with Crippen molar-refractivity contribution in [3.63, 3.8) is 0 Å². The molecule has 2 aromatic rings. The normalized spacial score (nSPS) is 17.4. The second-order valence-corrected chi connectivity index (χ2v) is 5.98. The van der Waals surface area contributed by atoms with Crippen molar-refractivity contribution in [2.24, 2.45) is 7.05 Å². The number of aromatic nitrogens is 2. The number of hydrogen-bond donors (Lipinski definition) is 1. The molecule has 1 aromatic heterocycles. The average molecular weight is 334 g/mol. The van der Waals surface area contributed by atoms with E-state index in [0.717, 1.165) is 36.6 Å². The summed E-state index contributed by atoms with van der Waals surface area (Å²) < 4.78 is 40.4. The minimum absolute atomic E-state index is 0.0162. The van der Waals surface area contributed by atoms with E-state index in [4.69, 9.17) is 5.26 Å². The predicted molar refractivity (Wildman–Crippen MR) is 81.9 cm³/mol. The highest BCUT2D eigenvalue weighted by molar-refractivity contribution is 5.41. The number of halogens is 3. The van der Waals surface area contributed by atoms with Crippen LogP contribution in [0.3, 0.4) is 0 Å². The monoisotopic (exact) mass is 334 g/mol. The van der Waals surface area contributed by atoms with Gasteiger partial charge in [-0.2, -0.15) is 23.5 Å². The molecule has 0 saturated heterocycles. The topological polar surface area (TPSA) is 53.6 Å². The minimum atomic E-state index is -4.41. The van der Waals surface area contributed by atoms with Crippen molar-refractivity contribution in [3.05, 3.63) is 52.3 Å². The van der Waals surface area contributed by atoms with Crippen molar-refractivity contribution >= 4 is 0 Å². The molecule has 7 heteroatoms. The number of benzene rings is 1. The van der Waals surface area contributed by atoms with Crippen LogP contribution in [0, 0.1) is 11.3 Å². The molecule has 3 rings (SSSR count). The highest BCUT2D eigenvalue weighted by atomic mass is 19.4. The molecule has 0 bridgehead atoms. The van der Waals surface area contributed by atoms with Crippen molar-refractivity contribution in [3.8, 4) is 6.07 Å². The van der Waals surface area contributed by atoms with E-state index in [-0.39, 0.29) is 18.3 Å². The quantitative estimate of drug-likeness (QED) is 0.935. The summed E-state index contributed by atoms with van der Waals surface area (Å²) in [4.78, 5) is 0. The van der Waals surface area contributed by atoms with E-state index in [0.29, 0.717) is 5.56 Å². The molecule has 24 heavy (non-hydrogen) atoms. The Balaban J connectivity index is 1.80. The third-order valence-electron chi connectivity index (χ3n) is 4.47. The Bertz CT molecular complexity index is 786. The summed E-state index contributed by atoms with van der Waals surface area (Å²) in [6.45, 7) is 0.0927. The van der Waals surface area contributed by atoms with Crippen LogP contribution in [0.25, 0.3) is 0 Å². The SMILES string of the molecule is Cn1ncc(C(F)(F)F)c1CNC1CCCc2cc(C#N)ccc21. The van der Waals surface area contributed by atoms with Gasteiger partial charge < -0.3 is 5.32 Å². The van der Waals surface area contributed by atoms with Crippen LogP contribution in [0.2, 0.25) is 0 Å². The lowest BCUT2D eigenvalue weighted by atomic mass is 9.86. The van der Waals surface area contributed by atoms with E-state index in [1.54, 1.807) is 6.07 Å². The number of hydrogen-bond acceptors (Lipinski definition) is 3. The first kappa shape index (κ1) is 16.5. The maximum absolute atomic E-state index is 13.0. The summed E-state index contributed by atoms with van der Waals surface area (Å²) in [5.41, 5.74) is 2.20. The smallest absolute Gasteiger partial charge is 0.304 e. The van der Waals surface area contributed by atoms with Gasteiger partial charge in [0.2, 0.25) is 0 Å². The molecular formula is C17H17F3N4. The second-order valence-electron chi connectivity index (χ2n) is 5.98. The van der Waals surface area contributed by atoms with Gasteiger partial charge in [-0.05, 0) is 42.5 Å². The van der Waals surface area contributed by atoms with Crippen molar-refractivity contribution in [2.45, 2.75) is 38.0 Å². The molecule has 1 heterocycles. The van der Waals surface area contributed by atoms with E-state index in [1.165, 1.54) is 11.7 Å². The molecule has 0 spiro atoms. The summed E-state index contributed by atoms with van der Waals surface area (Å²) in [7, 11) is 1.51. The van der Waals surface area contributed by atoms with Crippen LogP contribution in [-0.2, 0) is 26.2 Å². The van der Waals surface area contributed by atoms with Gasteiger partial charge in [0.15, 0.2) is 0 Å². The summed E-state index contributed by atoms with van der Waals surface area (Å²) in [6.07, 6.45) is -0.847. The molecule has 0 amide bonds. The Labute approximate surface area is 137 Å². The third kappa shape index (κ3) is 3.15. The molecule has 4 nitrogen and oxygen atoms in total. The molecular weight excluding hydrogens is 317 g/mol. The lowest BCUT2D eigenvalue weighted by molar-refractivity contribution is -0.138. The van der Waals surface area contributed by atoms with Crippen LogP contribution >= 0.6 is 0 Å². The van der Waals surface area contributed by atoms with Gasteiger partial charge in [-0.1, -0.05) is 6.07 Å². The lowest BCUT2D eigenvalue weighted by Crippen LogP contribution is -2.27. The van der Waals surface area contributed by atoms with Crippen LogP contribution in [0.4, 0.5) is 13.2 Å². The maximum Gasteiger partial charge on any atom is 0.419 e. The molecule has 1 aliphatic carbocycles. The number of alkyl halides is 3. The van der Waals surface area contributed by atoms with Crippen LogP contribution in [-0.4, -0.2) is 9.78 Å². The lowest BCUT2D eigenvalue weighted by Gasteiger charge is -2.27. The Morgan fingerprint density at radius 3 is 2.92 bits per heavy atom. The molecule has 1 unspecified atom stereocenters. The molecule has 0 fully saturated rings. The van der Waals surface area contributed by atoms with Gasteiger partial charge >= 0.3 is 6.18 Å². The number of nitrogens with one attached hydrogen (secondary N) is 1. The van der Waals surface area contributed by atoms with Crippen molar-refractivity contribution in [2.75, 3.05) is 0 Å². The number of aryl methyl sites for hydroxylation is 2. The average Bonchev–Trinajstić information content (AvgIpc) is 2.93. The van der Waals surface area contributed by atoms with E-state index >= 15 is 0 Å². The largest absolute Gasteiger partial charge is 0.419 e. The van der Waals surface area contributed by atoms with Gasteiger partial charge in [-0.3, -0.25) is 4.68 Å². The van der Waals surface area contributed by atoms with Gasteiger partial charge in [0.1, 0.15) is 0 Å². The van der Waals surface area contributed by atoms with E-state index in [2.05, 4.69) is 16.5 Å². The Morgan fingerprint density at radius 1 is 1.42 bits per heavy atom. The van der Waals surface area contributed by atoms with Gasteiger partial charge in [0, 0.05) is 19.6 Å². The van der Waals surface area contributed by atoms with Gasteiger partial charge in [0.05, 0.1) is 29.1 Å². The highest BCUT2D eigenvalue weighted by Gasteiger charge is 2.36. The van der Waals surface area contributed by atoms with Crippen molar-refractivity contribution in [1.82, 2.24) is 15.1 Å². The Hall–Kier alpha value is -2.33. The predicted octanol–water partition coefficient (Wildman–Crippen LogP) is 3.48. The third-order valence-corrected chi connectivity index (χ3v) is 4.47. The number of rotatable bonds is 3. The second kappa shape index (κ2) is 6.29. The minimum Gasteiger partial charge on any atom is -0.304 e. The summed E-state index contributed by atoms with van der Waals surface area (Å²) in [6, 6.07) is 7.63. The first-order chi connectivity index (χ1) is 11.4. The van der Waals surface area contributed by atoms with Gasteiger partial charge in [0.25, 0.3) is 0 Å². The van der Waals surface area contributed by atoms with E-state index in [1.807, 2.05) is 12.1 Å². The first-order valence-electron chi connectivity index (χ1n) is 7.74. The Kier molecular flexibility index (Phi) is 4.33. The maximum atomic E-state index is 13.0. The van der Waals surface area contributed by atoms with Crippen molar-refractivity contribution < 1.29 is 13.2 Å². The zero-order valence-corrected chi connectivity index (χ0v) is 13.2. The fourth-order valence-electron chi connectivity index (χ4n) is 3.23. The molecule has 1 atom stereocenters. The standard InChI is InChI=1S/C17H17F3N4/c1-24-16(14(9-23-24)17(18,19)20)10-22-15-4-2-3-12-7-11(8-21)5-6-13(12)15/h5-7,9,15,22H,2-4,10H2,1H3. The molecule has 0 saturated carbocycles. The molecule has 0 radical (unpaired) electrons. The fraction of sp³-hybridized carbons (Fsp3) is 0.412. The molecule has 1 aliphatic rings. The zero-order chi connectivity index (χ0) is 17.3. The highest BCUT2D eigenvalue weighted by Crippen LogP contribution is 2.33. The van der Waals surface area contributed by atoms with Crippen LogP contribution < -0.4 is 5.32 Å². The van der Waals surface area contributed by atoms with Crippen LogP contribution in [0.15, 0.2) is 24.4 Å². The molecule has 1 N–H and O–H groups in total. The molecule has 1 aromatic carbocycles. The summed E-state index contributed by atoms with van der Waals surface area (Å²) in [5.74, 6) is 0. The number of fused-ring (bicyclic) bond motifs is 1. The van der Waals surface area contributed by atoms with E-state index < -0.39 is 11.7 Å². The van der Waals surface area contributed by atoms with Crippen molar-refractivity contribution in [1.29, 1.82) is 5.26 Å². The van der Waals surface area contributed by atoms with Gasteiger partial charge in [-0.25, -0.2) is 0 Å². The van der Waals surface area contributed by atoms with Gasteiger partial charge in [-0.15, -0.1) is 0 Å². The first-order valence-corrected chi connectivity index (χ1v) is 7.74. The Morgan fingerprint density at radius 2 is 2.21 bits per heavy atom. The molecule has 126 valence electrons. The molecule has 0 aliphatic heterocycles.